The molecule has 2 unspecified atom stereocenters. The first-order valence-electron chi connectivity index (χ1n) is 4.44. The van der Waals surface area contributed by atoms with E-state index >= 15 is 0 Å². The molecule has 1 aliphatic rings. The zero-order chi connectivity index (χ0) is 9.68. The van der Waals surface area contributed by atoms with Gasteiger partial charge in [0.1, 0.15) is 0 Å². The van der Waals surface area contributed by atoms with Crippen molar-refractivity contribution in [1.82, 2.24) is 0 Å². The van der Waals surface area contributed by atoms with Gasteiger partial charge in [0.25, 0.3) is 0 Å². The van der Waals surface area contributed by atoms with Gasteiger partial charge in [-0.1, -0.05) is 0 Å². The zero-order valence-corrected chi connectivity index (χ0v) is 8.93. The summed E-state index contributed by atoms with van der Waals surface area (Å²) in [4.78, 5) is 11.4. The van der Waals surface area contributed by atoms with Gasteiger partial charge >= 0.3 is 5.97 Å². The predicted octanol–water partition coefficient (Wildman–Crippen LogP) is 1.18. The highest BCUT2D eigenvalue weighted by Gasteiger charge is 2.31. The normalized spacial score (nSPS) is 24.3. The Labute approximate surface area is 83.2 Å². The van der Waals surface area contributed by atoms with Crippen LogP contribution in [0, 0.1) is 11.8 Å². The highest BCUT2D eigenvalue weighted by atomic mass is 32.2. The number of hydrogen-bond donors (Lipinski definition) is 0. The lowest BCUT2D eigenvalue weighted by atomic mass is 9.93. The highest BCUT2D eigenvalue weighted by molar-refractivity contribution is 7.98. The number of ether oxygens (including phenoxy) is 2. The Balaban J connectivity index is 2.49. The number of carbonyl (C=O) groups excluding carboxylic acids is 1. The summed E-state index contributed by atoms with van der Waals surface area (Å²) in [5, 5.41) is 0. The van der Waals surface area contributed by atoms with Crippen LogP contribution in [-0.2, 0) is 14.3 Å². The van der Waals surface area contributed by atoms with Gasteiger partial charge in [-0.15, -0.1) is 0 Å². The number of hydrogen-bond acceptors (Lipinski definition) is 4. The Morgan fingerprint density at radius 1 is 1.77 bits per heavy atom. The van der Waals surface area contributed by atoms with E-state index in [1.165, 1.54) is 7.11 Å². The molecule has 76 valence electrons. The quantitative estimate of drug-likeness (QED) is 0.644. The molecule has 0 amide bonds. The molecule has 0 bridgehead atoms. The molecule has 1 heterocycles. The fourth-order valence-electron chi connectivity index (χ4n) is 1.60. The van der Waals surface area contributed by atoms with Crippen molar-refractivity contribution in [2.75, 3.05) is 32.3 Å². The molecule has 0 aromatic carbocycles. The highest BCUT2D eigenvalue weighted by Crippen LogP contribution is 2.25. The third-order valence-corrected chi connectivity index (χ3v) is 3.08. The molecule has 0 aromatic rings. The Morgan fingerprint density at radius 3 is 3.00 bits per heavy atom. The van der Waals surface area contributed by atoms with E-state index < -0.39 is 0 Å². The third-order valence-electron chi connectivity index (χ3n) is 2.38. The average molecular weight is 204 g/mol. The van der Waals surface area contributed by atoms with Crippen molar-refractivity contribution in [2.24, 2.45) is 11.8 Å². The summed E-state index contributed by atoms with van der Waals surface area (Å²) in [5.74, 6) is 1.12. The monoisotopic (exact) mass is 204 g/mol. The lowest BCUT2D eigenvalue weighted by Crippen LogP contribution is -2.27. The van der Waals surface area contributed by atoms with Crippen LogP contribution in [0.15, 0.2) is 0 Å². The zero-order valence-electron chi connectivity index (χ0n) is 8.12. The van der Waals surface area contributed by atoms with Crippen LogP contribution in [-0.4, -0.2) is 38.3 Å². The number of carbonyl (C=O) groups is 1. The van der Waals surface area contributed by atoms with Crippen LogP contribution in [0.4, 0.5) is 0 Å². The molecular weight excluding hydrogens is 188 g/mol. The van der Waals surface area contributed by atoms with Gasteiger partial charge in [-0.3, -0.25) is 4.79 Å². The molecule has 1 rings (SSSR count). The second-order valence-corrected chi connectivity index (χ2v) is 4.12. The van der Waals surface area contributed by atoms with E-state index in [1.807, 2.05) is 6.26 Å². The number of thioether (sulfide) groups is 1. The van der Waals surface area contributed by atoms with Gasteiger partial charge in [0.15, 0.2) is 0 Å². The summed E-state index contributed by atoms with van der Waals surface area (Å²) in [6.45, 7) is 1.49. The molecule has 0 aliphatic carbocycles. The number of rotatable bonds is 4. The van der Waals surface area contributed by atoms with Crippen LogP contribution in [0.25, 0.3) is 0 Å². The van der Waals surface area contributed by atoms with Crippen LogP contribution in [0.3, 0.4) is 0 Å². The molecule has 0 N–H and O–H groups in total. The molecule has 4 heteroatoms. The third kappa shape index (κ3) is 2.88. The minimum atomic E-state index is -0.0927. The van der Waals surface area contributed by atoms with E-state index in [1.54, 1.807) is 11.8 Å². The molecule has 3 nitrogen and oxygen atoms in total. The molecule has 1 fully saturated rings. The molecule has 13 heavy (non-hydrogen) atoms. The van der Waals surface area contributed by atoms with Crippen LogP contribution in [0.5, 0.6) is 0 Å². The molecular formula is C9H16O3S. The molecule has 0 radical (unpaired) electrons. The van der Waals surface area contributed by atoms with E-state index in [0.717, 1.165) is 18.8 Å². The standard InChI is InChI=1S/C9H16O3S/c1-11-9(10)8(6-13-2)7-3-4-12-5-7/h7-8H,3-6H2,1-2H3. The molecule has 2 atom stereocenters. The summed E-state index contributed by atoms with van der Waals surface area (Å²) in [5.41, 5.74) is 0. The van der Waals surface area contributed by atoms with E-state index in [-0.39, 0.29) is 11.9 Å². The first-order chi connectivity index (χ1) is 6.29. The van der Waals surface area contributed by atoms with E-state index in [0.29, 0.717) is 12.5 Å². The average Bonchev–Trinajstić information content (AvgIpc) is 2.65. The second kappa shape index (κ2) is 5.50. The molecule has 0 aromatic heterocycles. The van der Waals surface area contributed by atoms with Crippen molar-refractivity contribution in [3.63, 3.8) is 0 Å². The summed E-state index contributed by atoms with van der Waals surface area (Å²) in [7, 11) is 1.45. The minimum Gasteiger partial charge on any atom is -0.469 e. The predicted molar refractivity (Wildman–Crippen MR) is 52.8 cm³/mol. The van der Waals surface area contributed by atoms with E-state index in [4.69, 9.17) is 9.47 Å². The minimum absolute atomic E-state index is 0.0162. The lowest BCUT2D eigenvalue weighted by molar-refractivity contribution is -0.146. The largest absolute Gasteiger partial charge is 0.469 e. The van der Waals surface area contributed by atoms with Crippen molar-refractivity contribution in [1.29, 1.82) is 0 Å². The van der Waals surface area contributed by atoms with Crippen LogP contribution < -0.4 is 0 Å². The maximum Gasteiger partial charge on any atom is 0.309 e. The van der Waals surface area contributed by atoms with Gasteiger partial charge in [0.05, 0.1) is 19.6 Å². The van der Waals surface area contributed by atoms with Gasteiger partial charge < -0.3 is 9.47 Å². The number of esters is 1. The first-order valence-corrected chi connectivity index (χ1v) is 5.83. The summed E-state index contributed by atoms with van der Waals surface area (Å²) >= 11 is 1.68. The van der Waals surface area contributed by atoms with Crippen molar-refractivity contribution in [3.8, 4) is 0 Å². The maximum absolute atomic E-state index is 11.4. The summed E-state index contributed by atoms with van der Waals surface area (Å²) in [6, 6.07) is 0. The molecule has 0 saturated carbocycles. The fraction of sp³-hybridized carbons (Fsp3) is 0.889. The topological polar surface area (TPSA) is 35.5 Å². The SMILES string of the molecule is COC(=O)C(CSC)C1CCOC1. The van der Waals surface area contributed by atoms with Crippen molar-refractivity contribution in [2.45, 2.75) is 6.42 Å². The van der Waals surface area contributed by atoms with E-state index in [9.17, 15) is 4.79 Å². The smallest absolute Gasteiger partial charge is 0.309 e. The Hall–Kier alpha value is -0.220. The van der Waals surface area contributed by atoms with Crippen LogP contribution in [0.2, 0.25) is 0 Å². The molecule has 1 aliphatic heterocycles. The van der Waals surface area contributed by atoms with Crippen molar-refractivity contribution >= 4 is 17.7 Å². The van der Waals surface area contributed by atoms with Gasteiger partial charge in [-0.2, -0.15) is 11.8 Å². The van der Waals surface area contributed by atoms with Gasteiger partial charge in [0, 0.05) is 12.4 Å². The summed E-state index contributed by atoms with van der Waals surface area (Å²) in [6.07, 6.45) is 2.99. The maximum atomic E-state index is 11.4. The first kappa shape index (κ1) is 10.9. The van der Waals surface area contributed by atoms with Crippen LogP contribution in [0.1, 0.15) is 6.42 Å². The molecule has 1 saturated heterocycles. The Kier molecular flexibility index (Phi) is 4.59. The Morgan fingerprint density at radius 2 is 2.54 bits per heavy atom. The summed E-state index contributed by atoms with van der Waals surface area (Å²) < 4.78 is 10.0. The number of methoxy groups -OCH3 is 1. The second-order valence-electron chi connectivity index (χ2n) is 3.21. The molecule has 0 spiro atoms. The van der Waals surface area contributed by atoms with Gasteiger partial charge in [-0.25, -0.2) is 0 Å². The van der Waals surface area contributed by atoms with Crippen LogP contribution >= 0.6 is 11.8 Å². The lowest BCUT2D eigenvalue weighted by Gasteiger charge is -2.18. The van der Waals surface area contributed by atoms with Gasteiger partial charge in [0.2, 0.25) is 0 Å². The van der Waals surface area contributed by atoms with Crippen molar-refractivity contribution in [3.05, 3.63) is 0 Å². The fourth-order valence-corrected chi connectivity index (χ4v) is 2.36. The van der Waals surface area contributed by atoms with Crippen molar-refractivity contribution < 1.29 is 14.3 Å². The van der Waals surface area contributed by atoms with Gasteiger partial charge in [-0.05, 0) is 18.6 Å². The van der Waals surface area contributed by atoms with E-state index in [2.05, 4.69) is 0 Å². The Bertz CT molecular complexity index is 166.